The van der Waals surface area contributed by atoms with Gasteiger partial charge in [0.1, 0.15) is 12.4 Å². The van der Waals surface area contributed by atoms with Crippen LogP contribution in [-0.2, 0) is 4.79 Å². The molecule has 3 rings (SSSR count). The minimum Gasteiger partial charge on any atom is -0.490 e. The Balaban J connectivity index is 0.000000345. The Morgan fingerprint density at radius 1 is 1.25 bits per heavy atom. The number of carboxylic acid groups (broad SMARTS) is 1. The van der Waals surface area contributed by atoms with Crippen LogP contribution in [0.4, 0.5) is 13.2 Å². The Morgan fingerprint density at radius 2 is 2.00 bits per heavy atom. The quantitative estimate of drug-likeness (QED) is 0.624. The summed E-state index contributed by atoms with van der Waals surface area (Å²) in [7, 11) is 0. The van der Waals surface area contributed by atoms with Crippen LogP contribution in [-0.4, -0.2) is 46.3 Å². The number of hydrogen-bond donors (Lipinski definition) is 2. The molecule has 0 radical (unpaired) electrons. The maximum Gasteiger partial charge on any atom is 0.490 e. The molecule has 0 spiro atoms. The lowest BCUT2D eigenvalue weighted by molar-refractivity contribution is -0.192. The molecule has 0 saturated heterocycles. The molecule has 0 fully saturated rings. The van der Waals surface area contributed by atoms with Gasteiger partial charge in [-0.1, -0.05) is 0 Å². The molecule has 0 bridgehead atoms. The highest BCUT2D eigenvalue weighted by Gasteiger charge is 2.38. The van der Waals surface area contributed by atoms with Crippen LogP contribution in [0.2, 0.25) is 0 Å². The SMILES string of the molecule is O=C(NCCOc1cccnc1)c1ccc2ncsc2c1.O=C(O)C(F)(F)F. The first-order valence-corrected chi connectivity index (χ1v) is 8.59. The van der Waals surface area contributed by atoms with Crippen LogP contribution in [0, 0.1) is 0 Å². The molecular formula is C17H14F3N3O4S. The van der Waals surface area contributed by atoms with Gasteiger partial charge >= 0.3 is 12.1 Å². The molecule has 28 heavy (non-hydrogen) atoms. The topological polar surface area (TPSA) is 101 Å². The van der Waals surface area contributed by atoms with Crippen LogP contribution in [0.25, 0.3) is 10.2 Å². The third-order valence-electron chi connectivity index (χ3n) is 3.13. The number of aromatic nitrogens is 2. The highest BCUT2D eigenvalue weighted by molar-refractivity contribution is 7.16. The number of benzene rings is 1. The molecular weight excluding hydrogens is 399 g/mol. The zero-order valence-corrected chi connectivity index (χ0v) is 15.0. The number of aliphatic carboxylic acids is 1. The van der Waals surface area contributed by atoms with Gasteiger partial charge in [-0.25, -0.2) is 9.78 Å². The molecule has 2 aromatic heterocycles. The molecule has 0 aliphatic carbocycles. The third kappa shape index (κ3) is 6.50. The number of carbonyl (C=O) groups is 2. The van der Waals surface area contributed by atoms with Gasteiger partial charge in [-0.15, -0.1) is 11.3 Å². The van der Waals surface area contributed by atoms with Crippen molar-refractivity contribution in [3.8, 4) is 5.75 Å². The Labute approximate surface area is 160 Å². The number of thiazole rings is 1. The highest BCUT2D eigenvalue weighted by atomic mass is 32.1. The molecule has 7 nitrogen and oxygen atoms in total. The summed E-state index contributed by atoms with van der Waals surface area (Å²) < 4.78 is 38.2. The van der Waals surface area contributed by atoms with Crippen molar-refractivity contribution < 1.29 is 32.6 Å². The lowest BCUT2D eigenvalue weighted by atomic mass is 10.2. The van der Waals surface area contributed by atoms with Crippen molar-refractivity contribution in [2.45, 2.75) is 6.18 Å². The number of nitrogens with one attached hydrogen (secondary N) is 1. The lowest BCUT2D eigenvalue weighted by Crippen LogP contribution is -2.28. The van der Waals surface area contributed by atoms with Gasteiger partial charge in [-0.2, -0.15) is 13.2 Å². The monoisotopic (exact) mass is 413 g/mol. The number of amides is 1. The van der Waals surface area contributed by atoms with Gasteiger partial charge in [0.2, 0.25) is 0 Å². The fraction of sp³-hybridized carbons (Fsp3) is 0.176. The summed E-state index contributed by atoms with van der Waals surface area (Å²) in [5, 5.41) is 9.95. The molecule has 0 atom stereocenters. The zero-order valence-electron chi connectivity index (χ0n) is 14.1. The van der Waals surface area contributed by atoms with E-state index < -0.39 is 12.1 Å². The van der Waals surface area contributed by atoms with Gasteiger partial charge in [0.25, 0.3) is 5.91 Å². The maximum atomic E-state index is 12.0. The summed E-state index contributed by atoms with van der Waals surface area (Å²) in [6.07, 6.45) is -1.76. The largest absolute Gasteiger partial charge is 0.490 e. The van der Waals surface area contributed by atoms with Crippen molar-refractivity contribution in [3.05, 3.63) is 53.8 Å². The third-order valence-corrected chi connectivity index (χ3v) is 3.92. The van der Waals surface area contributed by atoms with E-state index in [2.05, 4.69) is 15.3 Å². The van der Waals surface area contributed by atoms with Crippen molar-refractivity contribution in [1.82, 2.24) is 15.3 Å². The van der Waals surface area contributed by atoms with Gasteiger partial charge in [0.15, 0.2) is 0 Å². The number of ether oxygens (including phenoxy) is 1. The fourth-order valence-corrected chi connectivity index (χ4v) is 2.58. The predicted octanol–water partition coefficient (Wildman–Crippen LogP) is 3.13. The molecule has 1 aromatic carbocycles. The lowest BCUT2D eigenvalue weighted by Gasteiger charge is -2.07. The van der Waals surface area contributed by atoms with E-state index in [1.165, 1.54) is 11.3 Å². The number of carboxylic acids is 1. The van der Waals surface area contributed by atoms with Gasteiger partial charge in [0.05, 0.1) is 28.5 Å². The number of fused-ring (bicyclic) bond motifs is 1. The fourth-order valence-electron chi connectivity index (χ4n) is 1.86. The van der Waals surface area contributed by atoms with E-state index in [9.17, 15) is 18.0 Å². The predicted molar refractivity (Wildman–Crippen MR) is 95.4 cm³/mol. The Morgan fingerprint density at radius 3 is 2.64 bits per heavy atom. The first kappa shape index (κ1) is 21.1. The molecule has 0 aliphatic rings. The summed E-state index contributed by atoms with van der Waals surface area (Å²) in [4.78, 5) is 29.1. The zero-order chi connectivity index (χ0) is 20.6. The number of carbonyl (C=O) groups excluding carboxylic acids is 1. The summed E-state index contributed by atoms with van der Waals surface area (Å²) >= 11 is 1.52. The van der Waals surface area contributed by atoms with Crippen LogP contribution in [0.15, 0.2) is 48.2 Å². The minimum atomic E-state index is -5.08. The second-order valence-corrected chi connectivity index (χ2v) is 6.02. The normalized spacial score (nSPS) is 10.7. The number of hydrogen-bond acceptors (Lipinski definition) is 6. The van der Waals surface area contributed by atoms with Crippen LogP contribution in [0.3, 0.4) is 0 Å². The molecule has 0 unspecified atom stereocenters. The molecule has 1 amide bonds. The summed E-state index contributed by atoms with van der Waals surface area (Å²) in [5.41, 5.74) is 3.32. The summed E-state index contributed by atoms with van der Waals surface area (Å²) in [5.74, 6) is -2.18. The van der Waals surface area contributed by atoms with E-state index in [1.807, 2.05) is 18.2 Å². The van der Waals surface area contributed by atoms with E-state index in [0.717, 1.165) is 10.2 Å². The number of rotatable bonds is 5. The molecule has 0 aliphatic heterocycles. The number of halogens is 3. The van der Waals surface area contributed by atoms with E-state index in [4.69, 9.17) is 14.6 Å². The van der Waals surface area contributed by atoms with Crippen molar-refractivity contribution in [3.63, 3.8) is 0 Å². The Hall–Kier alpha value is -3.21. The molecule has 2 heterocycles. The number of pyridine rings is 1. The van der Waals surface area contributed by atoms with Crippen molar-refractivity contribution in [2.75, 3.05) is 13.2 Å². The minimum absolute atomic E-state index is 0.111. The number of alkyl halides is 3. The van der Waals surface area contributed by atoms with Crippen LogP contribution in [0.1, 0.15) is 10.4 Å². The van der Waals surface area contributed by atoms with E-state index in [0.29, 0.717) is 24.5 Å². The number of nitrogens with zero attached hydrogens (tertiary/aromatic N) is 2. The van der Waals surface area contributed by atoms with E-state index >= 15 is 0 Å². The average Bonchev–Trinajstić information content (AvgIpc) is 3.13. The Bertz CT molecular complexity index is 932. The van der Waals surface area contributed by atoms with E-state index in [1.54, 1.807) is 30.0 Å². The second kappa shape index (κ2) is 9.65. The van der Waals surface area contributed by atoms with Crippen molar-refractivity contribution >= 4 is 33.4 Å². The molecule has 148 valence electrons. The van der Waals surface area contributed by atoms with Crippen LogP contribution in [0.5, 0.6) is 5.75 Å². The summed E-state index contributed by atoms with van der Waals surface area (Å²) in [6, 6.07) is 9.11. The Kier molecular flexibility index (Phi) is 7.27. The van der Waals surface area contributed by atoms with E-state index in [-0.39, 0.29) is 5.91 Å². The van der Waals surface area contributed by atoms with Gasteiger partial charge in [-0.05, 0) is 30.3 Å². The maximum absolute atomic E-state index is 12.0. The van der Waals surface area contributed by atoms with Gasteiger partial charge in [0, 0.05) is 11.8 Å². The molecule has 2 N–H and O–H groups in total. The molecule has 11 heteroatoms. The molecule has 3 aromatic rings. The van der Waals surface area contributed by atoms with Crippen LogP contribution < -0.4 is 10.1 Å². The first-order chi connectivity index (χ1) is 13.3. The molecule has 0 saturated carbocycles. The standard InChI is InChI=1S/C15H13N3O2S.C2HF3O2/c19-15(11-3-4-13-14(8-11)21-10-18-13)17-6-7-20-12-2-1-5-16-9-12;3-2(4,5)1(6)7/h1-5,8-10H,6-7H2,(H,17,19);(H,6,7). The average molecular weight is 413 g/mol. The highest BCUT2D eigenvalue weighted by Crippen LogP contribution is 2.19. The summed E-state index contributed by atoms with van der Waals surface area (Å²) in [6.45, 7) is 0.842. The second-order valence-electron chi connectivity index (χ2n) is 5.13. The van der Waals surface area contributed by atoms with Gasteiger partial charge < -0.3 is 15.2 Å². The van der Waals surface area contributed by atoms with Crippen molar-refractivity contribution in [1.29, 1.82) is 0 Å². The van der Waals surface area contributed by atoms with Crippen molar-refractivity contribution in [2.24, 2.45) is 0 Å². The smallest absolute Gasteiger partial charge is 0.490 e. The first-order valence-electron chi connectivity index (χ1n) is 7.72. The van der Waals surface area contributed by atoms with Crippen LogP contribution >= 0.6 is 11.3 Å². The van der Waals surface area contributed by atoms with Gasteiger partial charge in [-0.3, -0.25) is 9.78 Å².